The van der Waals surface area contributed by atoms with Gasteiger partial charge in [-0.2, -0.15) is 0 Å². The third-order valence-corrected chi connectivity index (χ3v) is 4.71. The van der Waals surface area contributed by atoms with Gasteiger partial charge in [-0.25, -0.2) is 31.7 Å². The molecular formula is C14H16ClF2N3O4S. The van der Waals surface area contributed by atoms with Crippen LogP contribution in [-0.2, 0) is 14.8 Å². The molecule has 0 saturated carbocycles. The Morgan fingerprint density at radius 2 is 2.00 bits per heavy atom. The van der Waals surface area contributed by atoms with E-state index in [1.54, 1.807) is 0 Å². The van der Waals surface area contributed by atoms with Crippen molar-refractivity contribution < 1.29 is 26.7 Å². The van der Waals surface area contributed by atoms with Crippen LogP contribution in [0.2, 0.25) is 0 Å². The Morgan fingerprint density at radius 3 is 2.60 bits per heavy atom. The maximum atomic E-state index is 13.2. The monoisotopic (exact) mass is 395 g/mol. The van der Waals surface area contributed by atoms with Crippen molar-refractivity contribution in [3.63, 3.8) is 0 Å². The lowest BCUT2D eigenvalue weighted by Gasteiger charge is -2.15. The molecule has 0 bridgehead atoms. The zero-order valence-electron chi connectivity index (χ0n) is 13.0. The van der Waals surface area contributed by atoms with Gasteiger partial charge in [0.25, 0.3) is 5.92 Å². The number of sulfonamides is 1. The number of carbonyl (C=O) groups excluding carboxylic acids is 1. The number of pyridine rings is 1. The van der Waals surface area contributed by atoms with Crippen LogP contribution in [0, 0.1) is 0 Å². The van der Waals surface area contributed by atoms with Crippen LogP contribution in [0.15, 0.2) is 35.4 Å². The molecule has 0 aliphatic heterocycles. The molecule has 3 N–H and O–H groups in total. The second kappa shape index (κ2) is 8.00. The number of rotatable bonds is 6. The molecule has 0 atom stereocenters. The number of halogens is 3. The Morgan fingerprint density at radius 1 is 1.32 bits per heavy atom. The zero-order chi connectivity index (χ0) is 18.0. The number of ether oxygens (including phenoxy) is 1. The Labute approximate surface area is 149 Å². The average molecular weight is 396 g/mol. The van der Waals surface area contributed by atoms with Gasteiger partial charge in [-0.3, -0.25) is 0 Å². The number of hydrogen-bond acceptors (Lipinski definition) is 6. The molecule has 1 heterocycles. The number of aromatic nitrogens is 1. The van der Waals surface area contributed by atoms with E-state index in [2.05, 4.69) is 9.72 Å². The maximum Gasteiger partial charge on any atom is 0.357 e. The number of carbonyl (C=O) groups is 1. The number of methoxy groups -OCH3 is 1. The Kier molecular flexibility index (Phi) is 6.77. The molecule has 0 aliphatic rings. The minimum absolute atomic E-state index is 0. The highest BCUT2D eigenvalue weighted by Gasteiger charge is 2.30. The smallest absolute Gasteiger partial charge is 0.357 e. The van der Waals surface area contributed by atoms with Crippen LogP contribution >= 0.6 is 12.4 Å². The van der Waals surface area contributed by atoms with Gasteiger partial charge in [-0.1, -0.05) is 12.1 Å². The van der Waals surface area contributed by atoms with Gasteiger partial charge in [0.1, 0.15) is 0 Å². The summed E-state index contributed by atoms with van der Waals surface area (Å²) in [5.74, 6) is -4.10. The van der Waals surface area contributed by atoms with Crippen LogP contribution in [0.4, 0.5) is 8.78 Å². The molecule has 0 fully saturated rings. The molecule has 0 spiro atoms. The second-order valence-corrected chi connectivity index (χ2v) is 6.62. The molecule has 1 aromatic heterocycles. The Hall–Kier alpha value is -1.88. The van der Waals surface area contributed by atoms with Gasteiger partial charge in [0.2, 0.25) is 10.0 Å². The summed E-state index contributed by atoms with van der Waals surface area (Å²) in [5, 5.41) is 0.397. The van der Waals surface area contributed by atoms with Gasteiger partial charge in [0.05, 0.1) is 25.1 Å². The summed E-state index contributed by atoms with van der Waals surface area (Å²) in [7, 11) is -3.08. The predicted molar refractivity (Wildman–Crippen MR) is 89.5 cm³/mol. The second-order valence-electron chi connectivity index (χ2n) is 4.89. The van der Waals surface area contributed by atoms with Crippen LogP contribution in [-0.4, -0.2) is 45.5 Å². The lowest BCUT2D eigenvalue weighted by atomic mass is 10.1. The van der Waals surface area contributed by atoms with E-state index in [0.29, 0.717) is 0 Å². The van der Waals surface area contributed by atoms with E-state index in [9.17, 15) is 22.0 Å². The number of hydrogen-bond donors (Lipinski definition) is 2. The number of benzene rings is 1. The predicted octanol–water partition coefficient (Wildman–Crippen LogP) is 1.32. The van der Waals surface area contributed by atoms with Gasteiger partial charge in [-0.15, -0.1) is 12.4 Å². The van der Waals surface area contributed by atoms with E-state index in [1.165, 1.54) is 37.6 Å². The van der Waals surface area contributed by atoms with E-state index < -0.39 is 35.0 Å². The standard InChI is InChI=1S/C14H15F2N3O4S.ClH/c1-23-13(20)12-10-3-2-4-11(9(10)5-6-18-12)24(21,22)19-8-14(15,16)7-17;/h2-6,19H,7-8,17H2,1H3;1H. The van der Waals surface area contributed by atoms with Crippen LogP contribution < -0.4 is 10.5 Å². The lowest BCUT2D eigenvalue weighted by molar-refractivity contribution is 0.0170. The van der Waals surface area contributed by atoms with Crippen molar-refractivity contribution in [3.8, 4) is 0 Å². The molecule has 0 radical (unpaired) electrons. The van der Waals surface area contributed by atoms with Gasteiger partial charge >= 0.3 is 5.97 Å². The van der Waals surface area contributed by atoms with Crippen molar-refractivity contribution in [2.45, 2.75) is 10.8 Å². The highest BCUT2D eigenvalue weighted by molar-refractivity contribution is 7.89. The van der Waals surface area contributed by atoms with Gasteiger partial charge in [-0.05, 0) is 12.1 Å². The first-order valence-electron chi connectivity index (χ1n) is 6.75. The van der Waals surface area contributed by atoms with Crippen LogP contribution in [0.1, 0.15) is 10.5 Å². The Bertz CT molecular complexity index is 878. The molecule has 0 saturated heterocycles. The fraction of sp³-hybridized carbons (Fsp3) is 0.286. The lowest BCUT2D eigenvalue weighted by Crippen LogP contribution is -2.41. The number of nitrogens with zero attached hydrogens (tertiary/aromatic N) is 1. The molecule has 0 aliphatic carbocycles. The van der Waals surface area contributed by atoms with Crippen LogP contribution in [0.5, 0.6) is 0 Å². The summed E-state index contributed by atoms with van der Waals surface area (Å²) in [5.41, 5.74) is 4.82. The summed E-state index contributed by atoms with van der Waals surface area (Å²) in [6.07, 6.45) is 1.24. The first-order chi connectivity index (χ1) is 11.2. The first-order valence-corrected chi connectivity index (χ1v) is 8.24. The quantitative estimate of drug-likeness (QED) is 0.713. The first kappa shape index (κ1) is 21.2. The fourth-order valence-electron chi connectivity index (χ4n) is 2.02. The third kappa shape index (κ3) is 4.60. The molecule has 7 nitrogen and oxygen atoms in total. The van der Waals surface area contributed by atoms with Gasteiger partial charge in [0.15, 0.2) is 5.69 Å². The summed E-state index contributed by atoms with van der Waals surface area (Å²) < 4.78 is 57.5. The number of esters is 1. The highest BCUT2D eigenvalue weighted by atomic mass is 35.5. The number of fused-ring (bicyclic) bond motifs is 1. The third-order valence-electron chi connectivity index (χ3n) is 3.25. The molecule has 2 rings (SSSR count). The van der Waals surface area contributed by atoms with Crippen molar-refractivity contribution in [2.24, 2.45) is 5.73 Å². The molecular weight excluding hydrogens is 380 g/mol. The minimum atomic E-state index is -4.24. The van der Waals surface area contributed by atoms with E-state index in [4.69, 9.17) is 5.73 Å². The summed E-state index contributed by atoms with van der Waals surface area (Å²) in [6.45, 7) is -2.11. The summed E-state index contributed by atoms with van der Waals surface area (Å²) in [4.78, 5) is 15.3. The van der Waals surface area contributed by atoms with Gasteiger partial charge < -0.3 is 10.5 Å². The fourth-order valence-corrected chi connectivity index (χ4v) is 3.30. The minimum Gasteiger partial charge on any atom is -0.464 e. The molecule has 1 aromatic carbocycles. The normalized spacial score (nSPS) is 11.8. The highest BCUT2D eigenvalue weighted by Crippen LogP contribution is 2.25. The summed E-state index contributed by atoms with van der Waals surface area (Å²) >= 11 is 0. The van der Waals surface area contributed by atoms with E-state index in [0.717, 1.165) is 0 Å². The molecule has 2 aromatic rings. The molecule has 0 amide bonds. The van der Waals surface area contributed by atoms with Crippen LogP contribution in [0.3, 0.4) is 0 Å². The topological polar surface area (TPSA) is 111 Å². The average Bonchev–Trinajstić information content (AvgIpc) is 2.58. The molecule has 138 valence electrons. The molecule has 25 heavy (non-hydrogen) atoms. The van der Waals surface area contributed by atoms with E-state index in [1.807, 2.05) is 4.72 Å². The van der Waals surface area contributed by atoms with Crippen molar-refractivity contribution in [1.29, 1.82) is 0 Å². The van der Waals surface area contributed by atoms with Crippen molar-refractivity contribution >= 4 is 39.2 Å². The van der Waals surface area contributed by atoms with Crippen molar-refractivity contribution in [1.82, 2.24) is 9.71 Å². The Balaban J connectivity index is 0.00000312. The van der Waals surface area contributed by atoms with Crippen molar-refractivity contribution in [2.75, 3.05) is 20.2 Å². The number of nitrogens with two attached hydrogens (primary N) is 1. The maximum absolute atomic E-state index is 13.2. The van der Waals surface area contributed by atoms with E-state index in [-0.39, 0.29) is 33.8 Å². The number of alkyl halides is 2. The van der Waals surface area contributed by atoms with Crippen molar-refractivity contribution in [3.05, 3.63) is 36.2 Å². The summed E-state index contributed by atoms with van der Waals surface area (Å²) in [6, 6.07) is 5.48. The van der Waals surface area contributed by atoms with Crippen LogP contribution in [0.25, 0.3) is 10.8 Å². The van der Waals surface area contributed by atoms with E-state index >= 15 is 0 Å². The van der Waals surface area contributed by atoms with Gasteiger partial charge in [0, 0.05) is 17.0 Å². The molecule has 0 unspecified atom stereocenters. The SMILES string of the molecule is COC(=O)c1nccc2c(S(=O)(=O)NCC(F)(F)CN)cccc12.Cl. The number of nitrogens with one attached hydrogen (secondary N) is 1. The largest absolute Gasteiger partial charge is 0.464 e. The molecule has 11 heteroatoms. The zero-order valence-corrected chi connectivity index (χ0v) is 14.7.